The molecule has 1 aliphatic heterocycles. The van der Waals surface area contributed by atoms with Gasteiger partial charge in [0.25, 0.3) is 0 Å². The van der Waals surface area contributed by atoms with E-state index in [9.17, 15) is 13.2 Å². The molecule has 1 fully saturated rings. The summed E-state index contributed by atoms with van der Waals surface area (Å²) in [6.07, 6.45) is -0.0989. The largest absolute Gasteiger partial charge is 0.497 e. The lowest BCUT2D eigenvalue weighted by atomic mass is 10.0. The number of ether oxygens (including phenoxy) is 1. The van der Waals surface area contributed by atoms with Gasteiger partial charge in [-0.3, -0.25) is 4.79 Å². The molecule has 0 aromatic heterocycles. The zero-order valence-electron chi connectivity index (χ0n) is 13.0. The summed E-state index contributed by atoms with van der Waals surface area (Å²) >= 11 is 0. The van der Waals surface area contributed by atoms with Crippen LogP contribution in [0.5, 0.6) is 5.75 Å². The molecule has 3 rings (SSSR count). The summed E-state index contributed by atoms with van der Waals surface area (Å²) in [5, 5.41) is -0.884. The Kier molecular flexibility index (Phi) is 4.51. The molecule has 7 heteroatoms. The van der Waals surface area contributed by atoms with Gasteiger partial charge in [-0.25, -0.2) is 8.42 Å². The van der Waals surface area contributed by atoms with Crippen molar-refractivity contribution in [2.24, 2.45) is 0 Å². The average Bonchev–Trinajstić information content (AvgIpc) is 2.97. The predicted molar refractivity (Wildman–Crippen MR) is 94.0 cm³/mol. The number of nitrogens with zero attached hydrogens (tertiary/aromatic N) is 1. The number of para-hydroxylation sites is 1. The van der Waals surface area contributed by atoms with Crippen molar-refractivity contribution in [2.75, 3.05) is 18.6 Å². The van der Waals surface area contributed by atoms with E-state index < -0.39 is 14.3 Å². The topological polar surface area (TPSA) is 63.7 Å². The zero-order chi connectivity index (χ0) is 17.3. The van der Waals surface area contributed by atoms with E-state index in [1.54, 1.807) is 13.2 Å². The van der Waals surface area contributed by atoms with Crippen LogP contribution in [0.2, 0.25) is 0 Å². The van der Waals surface area contributed by atoms with E-state index >= 15 is 0 Å². The molecular formula is C17H16ClNO4S. The highest BCUT2D eigenvalue weighted by Gasteiger charge is 2.38. The maximum absolute atomic E-state index is 12.3. The number of rotatable bonds is 4. The second-order valence-corrected chi connectivity index (χ2v) is 8.46. The first-order chi connectivity index (χ1) is 11.4. The van der Waals surface area contributed by atoms with Crippen molar-refractivity contribution in [3.8, 4) is 16.9 Å². The summed E-state index contributed by atoms with van der Waals surface area (Å²) < 4.78 is 28.4. The lowest BCUT2D eigenvalue weighted by molar-refractivity contribution is -0.117. The monoisotopic (exact) mass is 365 g/mol. The van der Waals surface area contributed by atoms with Gasteiger partial charge in [-0.05, 0) is 23.8 Å². The van der Waals surface area contributed by atoms with E-state index in [0.29, 0.717) is 11.4 Å². The first-order valence-corrected chi connectivity index (χ1v) is 9.74. The fourth-order valence-corrected chi connectivity index (χ4v) is 3.87. The van der Waals surface area contributed by atoms with E-state index in [1.807, 2.05) is 42.5 Å². The van der Waals surface area contributed by atoms with Gasteiger partial charge in [0.15, 0.2) is 0 Å². The molecule has 126 valence electrons. The van der Waals surface area contributed by atoms with Crippen molar-refractivity contribution in [2.45, 2.75) is 11.7 Å². The van der Waals surface area contributed by atoms with Gasteiger partial charge < -0.3 is 9.64 Å². The summed E-state index contributed by atoms with van der Waals surface area (Å²) in [7, 11) is 3.24. The fraction of sp³-hybridized carbons (Fsp3) is 0.235. The first kappa shape index (κ1) is 16.8. The van der Waals surface area contributed by atoms with Gasteiger partial charge in [-0.2, -0.15) is 0 Å². The van der Waals surface area contributed by atoms with Crippen LogP contribution < -0.4 is 9.64 Å². The van der Waals surface area contributed by atoms with Crippen LogP contribution in [-0.2, 0) is 13.8 Å². The van der Waals surface area contributed by atoms with Gasteiger partial charge in [0.1, 0.15) is 11.0 Å². The maximum Gasteiger partial charge on any atom is 0.237 e. The van der Waals surface area contributed by atoms with E-state index in [-0.39, 0.29) is 18.9 Å². The molecular weight excluding hydrogens is 350 g/mol. The second kappa shape index (κ2) is 6.45. The molecule has 24 heavy (non-hydrogen) atoms. The SMILES string of the molecule is COc1cccc(-c2ccccc2N2CC(S(=O)(=O)Cl)CC2=O)c1. The molecule has 0 aliphatic carbocycles. The van der Waals surface area contributed by atoms with Crippen molar-refractivity contribution in [3.05, 3.63) is 48.5 Å². The standard InChI is InChI=1S/C17H16ClNO4S/c1-23-13-6-4-5-12(9-13)15-7-2-3-8-16(15)19-11-14(10-17(19)20)24(18,21)22/h2-9,14H,10-11H2,1H3. The maximum atomic E-state index is 12.3. The fourth-order valence-electron chi connectivity index (χ4n) is 2.84. The van der Waals surface area contributed by atoms with Crippen LogP contribution in [0, 0.1) is 0 Å². The number of benzene rings is 2. The van der Waals surface area contributed by atoms with E-state index in [4.69, 9.17) is 15.4 Å². The Balaban J connectivity index is 2.02. The minimum Gasteiger partial charge on any atom is -0.497 e. The molecule has 5 nitrogen and oxygen atoms in total. The van der Waals surface area contributed by atoms with Crippen molar-refractivity contribution in [3.63, 3.8) is 0 Å². The Hall–Kier alpha value is -2.05. The van der Waals surface area contributed by atoms with Gasteiger partial charge in [-0.1, -0.05) is 30.3 Å². The van der Waals surface area contributed by atoms with Gasteiger partial charge in [-0.15, -0.1) is 0 Å². The summed E-state index contributed by atoms with van der Waals surface area (Å²) in [6, 6.07) is 14.9. The number of hydrogen-bond donors (Lipinski definition) is 0. The number of methoxy groups -OCH3 is 1. The lowest BCUT2D eigenvalue weighted by Gasteiger charge is -2.20. The number of amides is 1. The van der Waals surface area contributed by atoms with Crippen LogP contribution in [-0.4, -0.2) is 33.2 Å². The third-order valence-corrected chi connectivity index (χ3v) is 5.93. The Morgan fingerprint density at radius 2 is 1.92 bits per heavy atom. The molecule has 1 aliphatic rings. The summed E-state index contributed by atoms with van der Waals surface area (Å²) in [4.78, 5) is 13.8. The van der Waals surface area contributed by atoms with E-state index in [1.165, 1.54) is 4.90 Å². The molecule has 0 N–H and O–H groups in total. The van der Waals surface area contributed by atoms with Crippen molar-refractivity contribution >= 4 is 31.3 Å². The lowest BCUT2D eigenvalue weighted by Crippen LogP contribution is -2.27. The van der Waals surface area contributed by atoms with Crippen molar-refractivity contribution < 1.29 is 17.9 Å². The highest BCUT2D eigenvalue weighted by Crippen LogP contribution is 2.35. The van der Waals surface area contributed by atoms with E-state index in [2.05, 4.69) is 0 Å². The summed E-state index contributed by atoms with van der Waals surface area (Å²) in [6.45, 7) is 0.0612. The highest BCUT2D eigenvalue weighted by atomic mass is 35.7. The molecule has 1 heterocycles. The van der Waals surface area contributed by atoms with Gasteiger partial charge in [0.2, 0.25) is 15.0 Å². The molecule has 0 bridgehead atoms. The van der Waals surface area contributed by atoms with Crippen LogP contribution in [0.25, 0.3) is 11.1 Å². The quantitative estimate of drug-likeness (QED) is 0.781. The molecule has 2 aromatic carbocycles. The van der Waals surface area contributed by atoms with Crippen molar-refractivity contribution in [1.29, 1.82) is 0 Å². The van der Waals surface area contributed by atoms with Crippen molar-refractivity contribution in [1.82, 2.24) is 0 Å². The van der Waals surface area contributed by atoms with Gasteiger partial charge >= 0.3 is 0 Å². The van der Waals surface area contributed by atoms with Crippen LogP contribution >= 0.6 is 10.7 Å². The van der Waals surface area contributed by atoms with Crippen LogP contribution in [0.3, 0.4) is 0 Å². The molecule has 0 saturated carbocycles. The molecule has 1 amide bonds. The minimum absolute atomic E-state index is 0.0612. The Labute approximate surface area is 145 Å². The predicted octanol–water partition coefficient (Wildman–Crippen LogP) is 3.04. The molecule has 1 unspecified atom stereocenters. The van der Waals surface area contributed by atoms with E-state index in [0.717, 1.165) is 11.1 Å². The van der Waals surface area contributed by atoms with Crippen LogP contribution in [0.1, 0.15) is 6.42 Å². The molecule has 1 saturated heterocycles. The minimum atomic E-state index is -3.77. The van der Waals surface area contributed by atoms with Crippen LogP contribution in [0.15, 0.2) is 48.5 Å². The van der Waals surface area contributed by atoms with Gasteiger partial charge in [0, 0.05) is 29.2 Å². The second-order valence-electron chi connectivity index (χ2n) is 5.56. The Morgan fingerprint density at radius 1 is 1.17 bits per heavy atom. The number of anilines is 1. The number of halogens is 1. The Bertz CT molecular complexity index is 882. The smallest absolute Gasteiger partial charge is 0.237 e. The molecule has 0 radical (unpaired) electrons. The first-order valence-electron chi connectivity index (χ1n) is 7.37. The normalized spacial score (nSPS) is 18.0. The summed E-state index contributed by atoms with van der Waals surface area (Å²) in [5.74, 6) is 0.454. The van der Waals surface area contributed by atoms with Crippen LogP contribution in [0.4, 0.5) is 5.69 Å². The third-order valence-electron chi connectivity index (χ3n) is 4.06. The molecule has 2 aromatic rings. The zero-order valence-corrected chi connectivity index (χ0v) is 14.5. The Morgan fingerprint density at radius 3 is 2.58 bits per heavy atom. The molecule has 0 spiro atoms. The third kappa shape index (κ3) is 3.25. The number of carbonyl (C=O) groups is 1. The number of carbonyl (C=O) groups excluding carboxylic acids is 1. The highest BCUT2D eigenvalue weighted by molar-refractivity contribution is 8.14. The molecule has 1 atom stereocenters. The summed E-state index contributed by atoms with van der Waals surface area (Å²) in [5.41, 5.74) is 2.38. The number of hydrogen-bond acceptors (Lipinski definition) is 4. The van der Waals surface area contributed by atoms with Gasteiger partial charge in [0.05, 0.1) is 12.8 Å². The average molecular weight is 366 g/mol.